The van der Waals surface area contributed by atoms with E-state index in [-0.39, 0.29) is 23.2 Å². The lowest BCUT2D eigenvalue weighted by Crippen LogP contribution is -2.16. The van der Waals surface area contributed by atoms with Crippen molar-refractivity contribution >= 4 is 5.78 Å². The summed E-state index contributed by atoms with van der Waals surface area (Å²) in [6, 6.07) is 9.00. The van der Waals surface area contributed by atoms with E-state index >= 15 is 0 Å². The molecule has 3 heteroatoms. The summed E-state index contributed by atoms with van der Waals surface area (Å²) in [5.41, 5.74) is 3.16. The zero-order valence-corrected chi connectivity index (χ0v) is 13.6. The van der Waals surface area contributed by atoms with Crippen LogP contribution < -0.4 is 0 Å². The molecule has 1 aliphatic rings. The number of hydrogen-bond acceptors (Lipinski definition) is 3. The summed E-state index contributed by atoms with van der Waals surface area (Å²) in [4.78, 5) is 12.8. The number of unbranched alkanes of at least 4 members (excludes halogenated alkanes) is 1. The number of carbonyl (C=O) groups is 1. The van der Waals surface area contributed by atoms with Gasteiger partial charge < -0.3 is 10.2 Å². The average Bonchev–Trinajstić information content (AvgIpc) is 2.52. The molecule has 0 bridgehead atoms. The van der Waals surface area contributed by atoms with Crippen molar-refractivity contribution in [2.75, 3.05) is 0 Å². The molecule has 2 aromatic carbocycles. The topological polar surface area (TPSA) is 57.5 Å². The van der Waals surface area contributed by atoms with Gasteiger partial charge in [0.1, 0.15) is 11.5 Å². The van der Waals surface area contributed by atoms with E-state index < -0.39 is 0 Å². The smallest absolute Gasteiger partial charge is 0.201 e. The highest BCUT2D eigenvalue weighted by atomic mass is 16.3. The van der Waals surface area contributed by atoms with Gasteiger partial charge in [-0.25, -0.2) is 0 Å². The Kier molecular flexibility index (Phi) is 4.12. The van der Waals surface area contributed by atoms with Crippen molar-refractivity contribution in [1.29, 1.82) is 0 Å². The quantitative estimate of drug-likeness (QED) is 0.744. The monoisotopic (exact) mass is 310 g/mol. The van der Waals surface area contributed by atoms with E-state index in [4.69, 9.17) is 0 Å². The van der Waals surface area contributed by atoms with Gasteiger partial charge in [-0.15, -0.1) is 0 Å². The van der Waals surface area contributed by atoms with Gasteiger partial charge in [-0.05, 0) is 41.5 Å². The number of rotatable bonds is 4. The third kappa shape index (κ3) is 2.61. The fraction of sp³-hybridized carbons (Fsp3) is 0.350. The normalized spacial score (nSPS) is 14.3. The molecule has 0 saturated carbocycles. The van der Waals surface area contributed by atoms with E-state index in [1.54, 1.807) is 6.07 Å². The maximum absolute atomic E-state index is 12.8. The summed E-state index contributed by atoms with van der Waals surface area (Å²) in [5, 5.41) is 20.7. The first-order chi connectivity index (χ1) is 11.0. The van der Waals surface area contributed by atoms with Gasteiger partial charge in [0.25, 0.3) is 0 Å². The van der Waals surface area contributed by atoms with Crippen molar-refractivity contribution in [1.82, 2.24) is 0 Å². The van der Waals surface area contributed by atoms with Gasteiger partial charge in [0.2, 0.25) is 5.78 Å². The van der Waals surface area contributed by atoms with Gasteiger partial charge in [-0.3, -0.25) is 4.79 Å². The zero-order chi connectivity index (χ0) is 16.6. The molecule has 0 amide bonds. The lowest BCUT2D eigenvalue weighted by molar-refractivity contribution is 0.102. The minimum Gasteiger partial charge on any atom is -0.507 e. The summed E-state index contributed by atoms with van der Waals surface area (Å²) in [6.07, 6.45) is 3.74. The van der Waals surface area contributed by atoms with Gasteiger partial charge in [0.05, 0.1) is 11.1 Å². The van der Waals surface area contributed by atoms with Gasteiger partial charge in [-0.1, -0.05) is 51.0 Å². The molecule has 1 unspecified atom stereocenters. The summed E-state index contributed by atoms with van der Waals surface area (Å²) < 4.78 is 0. The molecule has 3 nitrogen and oxygen atoms in total. The molecule has 120 valence electrons. The van der Waals surface area contributed by atoms with Crippen LogP contribution in [-0.2, 0) is 6.42 Å². The Morgan fingerprint density at radius 1 is 1.09 bits per heavy atom. The van der Waals surface area contributed by atoms with Crippen molar-refractivity contribution in [2.45, 2.75) is 45.4 Å². The van der Waals surface area contributed by atoms with Crippen LogP contribution in [0.15, 0.2) is 30.3 Å². The molecule has 0 spiro atoms. The van der Waals surface area contributed by atoms with Crippen molar-refractivity contribution < 1.29 is 15.0 Å². The van der Waals surface area contributed by atoms with Crippen LogP contribution in [-0.4, -0.2) is 16.0 Å². The van der Waals surface area contributed by atoms with Crippen LogP contribution in [0.1, 0.15) is 71.6 Å². The van der Waals surface area contributed by atoms with Crippen LogP contribution in [0.2, 0.25) is 0 Å². The van der Waals surface area contributed by atoms with Crippen LogP contribution in [0.5, 0.6) is 11.5 Å². The van der Waals surface area contributed by atoms with E-state index in [9.17, 15) is 15.0 Å². The predicted octanol–water partition coefficient (Wildman–Crippen LogP) is 4.53. The highest BCUT2D eigenvalue weighted by molar-refractivity contribution is 6.15. The molecule has 1 atom stereocenters. The van der Waals surface area contributed by atoms with Crippen molar-refractivity contribution in [2.24, 2.45) is 0 Å². The Balaban J connectivity index is 2.06. The first-order valence-corrected chi connectivity index (χ1v) is 8.24. The number of phenols is 2. The third-order valence-corrected chi connectivity index (χ3v) is 4.78. The van der Waals surface area contributed by atoms with Crippen molar-refractivity contribution in [3.05, 3.63) is 58.1 Å². The standard InChI is InChI=1S/C20H22O3/c1-3-4-6-12(2)15-10-9-14-11-13-7-5-8-16(21)17(13)20(23)18(14)19(15)22/h5,7-10,12,21-22H,3-4,6,11H2,1-2H3. The van der Waals surface area contributed by atoms with Gasteiger partial charge in [-0.2, -0.15) is 0 Å². The van der Waals surface area contributed by atoms with Gasteiger partial charge in [0.15, 0.2) is 0 Å². The number of ketones is 1. The first kappa shape index (κ1) is 15.6. The molecule has 0 aromatic heterocycles. The van der Waals surface area contributed by atoms with E-state index in [1.165, 1.54) is 6.07 Å². The molecule has 1 aliphatic carbocycles. The Labute approximate surface area is 136 Å². The Morgan fingerprint density at radius 3 is 2.57 bits per heavy atom. The van der Waals surface area contributed by atoms with Crippen LogP contribution in [0, 0.1) is 0 Å². The summed E-state index contributed by atoms with van der Waals surface area (Å²) >= 11 is 0. The Morgan fingerprint density at radius 2 is 1.83 bits per heavy atom. The van der Waals surface area contributed by atoms with E-state index in [0.717, 1.165) is 36.0 Å². The second-order valence-electron chi connectivity index (χ2n) is 6.40. The molecule has 0 radical (unpaired) electrons. The fourth-order valence-electron chi connectivity index (χ4n) is 3.44. The lowest BCUT2D eigenvalue weighted by Gasteiger charge is -2.23. The second-order valence-corrected chi connectivity index (χ2v) is 6.40. The van der Waals surface area contributed by atoms with E-state index in [0.29, 0.717) is 17.5 Å². The minimum absolute atomic E-state index is 0.0121. The number of aromatic hydroxyl groups is 2. The van der Waals surface area contributed by atoms with Crippen molar-refractivity contribution in [3.8, 4) is 11.5 Å². The molecule has 0 saturated heterocycles. The summed E-state index contributed by atoms with van der Waals surface area (Å²) in [5.74, 6) is 0.00667. The molecular formula is C20H22O3. The van der Waals surface area contributed by atoms with E-state index in [2.05, 4.69) is 13.8 Å². The third-order valence-electron chi connectivity index (χ3n) is 4.78. The SMILES string of the molecule is CCCCC(C)c1ccc2c(c1O)C(=O)c1c(O)cccc1C2. The fourth-order valence-corrected chi connectivity index (χ4v) is 3.44. The molecule has 0 aliphatic heterocycles. The summed E-state index contributed by atoms with van der Waals surface area (Å²) in [6.45, 7) is 4.22. The Bertz CT molecular complexity index is 762. The second kappa shape index (κ2) is 6.07. The predicted molar refractivity (Wildman–Crippen MR) is 90.4 cm³/mol. The van der Waals surface area contributed by atoms with Crippen LogP contribution in [0.4, 0.5) is 0 Å². The minimum atomic E-state index is -0.276. The highest BCUT2D eigenvalue weighted by Crippen LogP contribution is 2.40. The lowest BCUT2D eigenvalue weighted by atomic mass is 9.81. The van der Waals surface area contributed by atoms with Crippen LogP contribution >= 0.6 is 0 Å². The van der Waals surface area contributed by atoms with E-state index in [1.807, 2.05) is 18.2 Å². The molecular weight excluding hydrogens is 288 g/mol. The summed E-state index contributed by atoms with van der Waals surface area (Å²) in [7, 11) is 0. The number of carbonyl (C=O) groups excluding carboxylic acids is 1. The van der Waals surface area contributed by atoms with Gasteiger partial charge in [0, 0.05) is 0 Å². The maximum atomic E-state index is 12.8. The number of benzene rings is 2. The molecule has 0 fully saturated rings. The molecule has 0 heterocycles. The number of phenolic OH excluding ortho intramolecular Hbond substituents is 2. The van der Waals surface area contributed by atoms with Crippen molar-refractivity contribution in [3.63, 3.8) is 0 Å². The maximum Gasteiger partial charge on any atom is 0.201 e. The largest absolute Gasteiger partial charge is 0.507 e. The Hall–Kier alpha value is -2.29. The van der Waals surface area contributed by atoms with Crippen LogP contribution in [0.25, 0.3) is 0 Å². The molecule has 2 aromatic rings. The highest BCUT2D eigenvalue weighted by Gasteiger charge is 2.30. The molecule has 23 heavy (non-hydrogen) atoms. The van der Waals surface area contributed by atoms with Gasteiger partial charge >= 0.3 is 0 Å². The zero-order valence-electron chi connectivity index (χ0n) is 13.6. The molecule has 3 rings (SSSR count). The molecule has 2 N–H and O–H groups in total. The first-order valence-electron chi connectivity index (χ1n) is 8.24. The number of hydrogen-bond donors (Lipinski definition) is 2. The van der Waals surface area contributed by atoms with Crippen LogP contribution in [0.3, 0.4) is 0 Å². The number of fused-ring (bicyclic) bond motifs is 2. The average molecular weight is 310 g/mol.